The van der Waals surface area contributed by atoms with Crippen molar-refractivity contribution in [2.24, 2.45) is 0 Å². The van der Waals surface area contributed by atoms with E-state index in [2.05, 4.69) is 10.2 Å². The van der Waals surface area contributed by atoms with Gasteiger partial charge in [0.2, 0.25) is 5.91 Å². The smallest absolute Gasteiger partial charge is 0.233 e. The lowest BCUT2D eigenvalue weighted by molar-refractivity contribution is -0.127. The van der Waals surface area contributed by atoms with E-state index in [4.69, 9.17) is 23.2 Å². The molecule has 146 valence electrons. The molecule has 9 heteroatoms. The highest BCUT2D eigenvalue weighted by atomic mass is 35.5. The van der Waals surface area contributed by atoms with Crippen LogP contribution >= 0.6 is 35.0 Å². The third-order valence-electron chi connectivity index (χ3n) is 4.16. The van der Waals surface area contributed by atoms with Crippen molar-refractivity contribution >= 4 is 40.9 Å². The van der Waals surface area contributed by atoms with Gasteiger partial charge in [-0.2, -0.15) is 0 Å². The van der Waals surface area contributed by atoms with Crippen LogP contribution in [0.25, 0.3) is 5.69 Å². The highest BCUT2D eigenvalue weighted by Crippen LogP contribution is 2.25. The Morgan fingerprint density at radius 2 is 2.04 bits per heavy atom. The summed E-state index contributed by atoms with van der Waals surface area (Å²) >= 11 is 13.5. The number of carbonyl (C=O) groups excluding carboxylic acids is 1. The Morgan fingerprint density at radius 3 is 2.75 bits per heavy atom. The maximum Gasteiger partial charge on any atom is 0.233 e. The Labute approximate surface area is 176 Å². The summed E-state index contributed by atoms with van der Waals surface area (Å²) in [5, 5.41) is 9.48. The quantitative estimate of drug-likeness (QED) is 0.519. The molecule has 0 saturated heterocycles. The second-order valence-corrected chi connectivity index (χ2v) is 7.91. The average molecular weight is 439 g/mol. The zero-order valence-electron chi connectivity index (χ0n) is 15.2. The van der Waals surface area contributed by atoms with Gasteiger partial charge in [-0.3, -0.25) is 9.36 Å². The monoisotopic (exact) mass is 438 g/mol. The first-order chi connectivity index (χ1) is 13.4. The van der Waals surface area contributed by atoms with Crippen LogP contribution in [0.3, 0.4) is 0 Å². The summed E-state index contributed by atoms with van der Waals surface area (Å²) in [4.78, 5) is 13.9. The number of halogens is 3. The maximum atomic E-state index is 13.9. The third kappa shape index (κ3) is 4.66. The van der Waals surface area contributed by atoms with Crippen LogP contribution < -0.4 is 0 Å². The van der Waals surface area contributed by atoms with Gasteiger partial charge in [-0.25, -0.2) is 4.39 Å². The fourth-order valence-corrected chi connectivity index (χ4v) is 3.74. The molecule has 1 aromatic heterocycles. The summed E-state index contributed by atoms with van der Waals surface area (Å²) in [5.74, 6) is -0.488. The van der Waals surface area contributed by atoms with Crippen LogP contribution in [0.1, 0.15) is 11.1 Å². The zero-order chi connectivity index (χ0) is 20.3. The van der Waals surface area contributed by atoms with Crippen LogP contribution in [-0.2, 0) is 11.3 Å². The Balaban J connectivity index is 1.67. The maximum absolute atomic E-state index is 13.9. The molecule has 0 aliphatic heterocycles. The SMILES string of the molecule is Cc1ccc(-n2cnnc2SCC(=O)N(C)Cc2c(F)cccc2Cl)cc1Cl. The number of thioether (sulfide) groups is 1. The topological polar surface area (TPSA) is 51.0 Å². The molecule has 3 rings (SSSR count). The molecule has 3 aromatic rings. The van der Waals surface area contributed by atoms with Crippen molar-refractivity contribution in [3.8, 4) is 5.69 Å². The summed E-state index contributed by atoms with van der Waals surface area (Å²) in [6.45, 7) is 2.01. The summed E-state index contributed by atoms with van der Waals surface area (Å²) in [5.41, 5.74) is 2.07. The summed E-state index contributed by atoms with van der Waals surface area (Å²) in [7, 11) is 1.61. The van der Waals surface area contributed by atoms with E-state index < -0.39 is 5.82 Å². The van der Waals surface area contributed by atoms with Gasteiger partial charge in [-0.05, 0) is 36.8 Å². The minimum absolute atomic E-state index is 0.0885. The van der Waals surface area contributed by atoms with Gasteiger partial charge in [0.15, 0.2) is 5.16 Å². The predicted molar refractivity (Wildman–Crippen MR) is 110 cm³/mol. The second kappa shape index (κ2) is 8.94. The Morgan fingerprint density at radius 1 is 1.25 bits per heavy atom. The summed E-state index contributed by atoms with van der Waals surface area (Å²) < 4.78 is 15.7. The van der Waals surface area contributed by atoms with Crippen molar-refractivity contribution in [3.63, 3.8) is 0 Å². The van der Waals surface area contributed by atoms with Crippen molar-refractivity contribution in [1.82, 2.24) is 19.7 Å². The number of carbonyl (C=O) groups is 1. The van der Waals surface area contributed by atoms with Crippen LogP contribution in [-0.4, -0.2) is 38.4 Å². The van der Waals surface area contributed by atoms with Crippen molar-refractivity contribution in [2.75, 3.05) is 12.8 Å². The zero-order valence-corrected chi connectivity index (χ0v) is 17.5. The van der Waals surface area contributed by atoms with Gasteiger partial charge in [0.25, 0.3) is 0 Å². The lowest BCUT2D eigenvalue weighted by Crippen LogP contribution is -2.28. The fraction of sp³-hybridized carbons (Fsp3) is 0.211. The molecule has 1 amide bonds. The van der Waals surface area contributed by atoms with Crippen molar-refractivity contribution in [2.45, 2.75) is 18.6 Å². The first-order valence-electron chi connectivity index (χ1n) is 8.33. The Hall–Kier alpha value is -2.09. The van der Waals surface area contributed by atoms with E-state index in [0.717, 1.165) is 11.3 Å². The van der Waals surface area contributed by atoms with E-state index in [1.807, 2.05) is 25.1 Å². The third-order valence-corrected chi connectivity index (χ3v) is 5.85. The molecule has 5 nitrogen and oxygen atoms in total. The molecule has 0 aliphatic carbocycles. The van der Waals surface area contributed by atoms with E-state index in [1.165, 1.54) is 28.8 Å². The van der Waals surface area contributed by atoms with Crippen LogP contribution in [0.5, 0.6) is 0 Å². The molecular weight excluding hydrogens is 422 g/mol. The molecule has 0 aliphatic rings. The molecule has 0 N–H and O–H groups in total. The minimum atomic E-state index is -0.434. The molecule has 0 bridgehead atoms. The van der Waals surface area contributed by atoms with E-state index in [0.29, 0.717) is 20.8 Å². The fourth-order valence-electron chi connectivity index (χ4n) is 2.48. The molecule has 2 aromatic carbocycles. The van der Waals surface area contributed by atoms with E-state index in [1.54, 1.807) is 24.0 Å². The normalized spacial score (nSPS) is 10.9. The van der Waals surface area contributed by atoms with Crippen LogP contribution in [0.4, 0.5) is 4.39 Å². The van der Waals surface area contributed by atoms with Gasteiger partial charge in [-0.15, -0.1) is 10.2 Å². The molecule has 0 spiro atoms. The highest BCUT2D eigenvalue weighted by Gasteiger charge is 2.16. The largest absolute Gasteiger partial charge is 0.341 e. The summed E-state index contributed by atoms with van der Waals surface area (Å²) in [6.07, 6.45) is 1.57. The first-order valence-corrected chi connectivity index (χ1v) is 10.1. The van der Waals surface area contributed by atoms with Gasteiger partial charge >= 0.3 is 0 Å². The van der Waals surface area contributed by atoms with Gasteiger partial charge in [0, 0.05) is 29.2 Å². The van der Waals surface area contributed by atoms with Gasteiger partial charge < -0.3 is 4.90 Å². The molecule has 28 heavy (non-hydrogen) atoms. The van der Waals surface area contributed by atoms with Gasteiger partial charge in [-0.1, -0.05) is 47.1 Å². The lowest BCUT2D eigenvalue weighted by Gasteiger charge is -2.18. The van der Waals surface area contributed by atoms with Crippen LogP contribution in [0.15, 0.2) is 47.9 Å². The first kappa shape index (κ1) is 20.6. The minimum Gasteiger partial charge on any atom is -0.341 e. The average Bonchev–Trinajstić information content (AvgIpc) is 3.13. The van der Waals surface area contributed by atoms with Crippen molar-refractivity contribution in [3.05, 3.63) is 69.7 Å². The number of aryl methyl sites for hydroxylation is 1. The second-order valence-electron chi connectivity index (χ2n) is 6.16. The highest BCUT2D eigenvalue weighted by molar-refractivity contribution is 7.99. The molecule has 0 unspecified atom stereocenters. The van der Waals surface area contributed by atoms with Gasteiger partial charge in [0.05, 0.1) is 11.4 Å². The van der Waals surface area contributed by atoms with Crippen LogP contribution in [0, 0.1) is 12.7 Å². The van der Waals surface area contributed by atoms with E-state index in [9.17, 15) is 9.18 Å². The van der Waals surface area contributed by atoms with E-state index in [-0.39, 0.29) is 18.2 Å². The van der Waals surface area contributed by atoms with Crippen molar-refractivity contribution in [1.29, 1.82) is 0 Å². The molecule has 0 radical (unpaired) electrons. The number of aromatic nitrogens is 3. The molecule has 0 fully saturated rings. The number of hydrogen-bond acceptors (Lipinski definition) is 4. The molecule has 0 saturated carbocycles. The van der Waals surface area contributed by atoms with Gasteiger partial charge in [0.1, 0.15) is 12.1 Å². The number of benzene rings is 2. The predicted octanol–water partition coefficient (Wildman–Crippen LogP) is 4.77. The Kier molecular flexibility index (Phi) is 6.59. The molecule has 1 heterocycles. The standard InChI is InChI=1S/C19H17Cl2FN4OS/c1-12-6-7-13(8-16(12)21)26-11-23-24-19(26)28-10-18(27)25(2)9-14-15(20)4-3-5-17(14)22/h3-8,11H,9-10H2,1-2H3. The number of hydrogen-bond donors (Lipinski definition) is 0. The number of rotatable bonds is 6. The number of amides is 1. The van der Waals surface area contributed by atoms with Crippen molar-refractivity contribution < 1.29 is 9.18 Å². The lowest BCUT2D eigenvalue weighted by atomic mass is 10.2. The summed E-state index contributed by atoms with van der Waals surface area (Å²) in [6, 6.07) is 10.1. The molecule has 0 atom stereocenters. The van der Waals surface area contributed by atoms with E-state index >= 15 is 0 Å². The Bertz CT molecular complexity index is 991. The number of nitrogens with zero attached hydrogens (tertiary/aromatic N) is 4. The molecular formula is C19H17Cl2FN4OS. The van der Waals surface area contributed by atoms with Crippen LogP contribution in [0.2, 0.25) is 10.0 Å².